The van der Waals surface area contributed by atoms with Crippen molar-refractivity contribution in [2.45, 2.75) is 4.90 Å². The molecule has 9 heteroatoms. The molecule has 2 N–H and O–H groups in total. The molecule has 0 amide bonds. The minimum Gasteiger partial charge on any atom is -0.216 e. The van der Waals surface area contributed by atoms with Gasteiger partial charge in [-0.05, 0) is 12.1 Å². The van der Waals surface area contributed by atoms with E-state index in [2.05, 4.69) is 0 Å². The second-order valence-corrected chi connectivity index (χ2v) is 7.65. The van der Waals surface area contributed by atoms with Crippen LogP contribution in [0, 0.1) is 0 Å². The average Bonchev–Trinajstić information content (AvgIpc) is 2.39. The number of benzene rings is 1. The molecule has 0 atom stereocenters. The van der Waals surface area contributed by atoms with Crippen molar-refractivity contribution in [2.75, 3.05) is 26.2 Å². The second kappa shape index (κ2) is 5.17. The van der Waals surface area contributed by atoms with E-state index in [0.717, 1.165) is 4.31 Å². The summed E-state index contributed by atoms with van der Waals surface area (Å²) in [7, 11) is -7.31. The van der Waals surface area contributed by atoms with Crippen LogP contribution in [0.2, 0.25) is 0 Å². The van der Waals surface area contributed by atoms with E-state index >= 15 is 0 Å². The summed E-state index contributed by atoms with van der Waals surface area (Å²) in [6.07, 6.45) is 0. The third kappa shape index (κ3) is 3.12. The number of rotatable bonds is 3. The number of hydrogen-bond donors (Lipinski definition) is 1. The van der Waals surface area contributed by atoms with Crippen molar-refractivity contribution >= 4 is 20.2 Å². The molecule has 0 aliphatic carbocycles. The summed E-state index contributed by atoms with van der Waals surface area (Å²) in [5.41, 5.74) is 0. The predicted octanol–water partition coefficient (Wildman–Crippen LogP) is -0.804. The van der Waals surface area contributed by atoms with Crippen molar-refractivity contribution in [3.8, 4) is 0 Å². The normalized spacial score (nSPS) is 19.4. The molecule has 1 heterocycles. The third-order valence-corrected chi connectivity index (χ3v) is 5.94. The van der Waals surface area contributed by atoms with Gasteiger partial charge in [0.1, 0.15) is 0 Å². The number of nitrogens with zero attached hydrogens (tertiary/aromatic N) is 2. The van der Waals surface area contributed by atoms with Crippen molar-refractivity contribution in [1.82, 2.24) is 8.61 Å². The number of nitrogens with two attached hydrogens (primary N) is 1. The van der Waals surface area contributed by atoms with E-state index in [0.29, 0.717) is 0 Å². The van der Waals surface area contributed by atoms with Gasteiger partial charge in [-0.1, -0.05) is 18.2 Å². The Hall–Kier alpha value is -1.00. The molecular formula is C10H15N3O4S2. The Morgan fingerprint density at radius 1 is 0.842 bits per heavy atom. The minimum atomic E-state index is -3.75. The maximum atomic E-state index is 12.3. The average molecular weight is 305 g/mol. The molecule has 0 radical (unpaired) electrons. The Bertz CT molecular complexity index is 635. The van der Waals surface area contributed by atoms with Crippen molar-refractivity contribution in [3.63, 3.8) is 0 Å². The molecule has 0 bridgehead atoms. The van der Waals surface area contributed by atoms with Crippen molar-refractivity contribution < 1.29 is 16.8 Å². The van der Waals surface area contributed by atoms with Crippen LogP contribution < -0.4 is 5.14 Å². The second-order valence-electron chi connectivity index (χ2n) is 4.16. The highest BCUT2D eigenvalue weighted by atomic mass is 32.2. The Morgan fingerprint density at radius 3 is 1.79 bits per heavy atom. The van der Waals surface area contributed by atoms with Gasteiger partial charge in [0.15, 0.2) is 0 Å². The molecule has 1 aliphatic heterocycles. The van der Waals surface area contributed by atoms with E-state index < -0.39 is 20.2 Å². The molecule has 1 aliphatic rings. The minimum absolute atomic E-state index is 0.0743. The molecule has 1 aromatic rings. The van der Waals surface area contributed by atoms with Crippen LogP contribution in [-0.4, -0.2) is 51.6 Å². The lowest BCUT2D eigenvalue weighted by Crippen LogP contribution is -2.52. The van der Waals surface area contributed by atoms with Gasteiger partial charge in [-0.3, -0.25) is 0 Å². The van der Waals surface area contributed by atoms with Crippen LogP contribution in [0.3, 0.4) is 0 Å². The first-order valence-electron chi connectivity index (χ1n) is 5.65. The highest BCUT2D eigenvalue weighted by Gasteiger charge is 2.31. The molecule has 0 spiro atoms. The SMILES string of the molecule is NS(=O)(=O)N1CCN(S(=O)(=O)c2ccccc2)CC1. The van der Waals surface area contributed by atoms with Crippen LogP contribution in [0.15, 0.2) is 35.2 Å². The molecule has 0 aromatic heterocycles. The lowest BCUT2D eigenvalue weighted by atomic mass is 10.4. The number of hydrogen-bond acceptors (Lipinski definition) is 4. The van der Waals surface area contributed by atoms with Gasteiger partial charge in [0.2, 0.25) is 10.0 Å². The monoisotopic (exact) mass is 305 g/mol. The van der Waals surface area contributed by atoms with Gasteiger partial charge < -0.3 is 0 Å². The van der Waals surface area contributed by atoms with E-state index in [4.69, 9.17) is 5.14 Å². The molecule has 19 heavy (non-hydrogen) atoms. The summed E-state index contributed by atoms with van der Waals surface area (Å²) in [6, 6.07) is 8.06. The van der Waals surface area contributed by atoms with Crippen molar-refractivity contribution in [1.29, 1.82) is 0 Å². The first-order chi connectivity index (χ1) is 8.82. The number of piperazine rings is 1. The molecule has 1 saturated heterocycles. The lowest BCUT2D eigenvalue weighted by Gasteiger charge is -2.32. The highest BCUT2D eigenvalue weighted by molar-refractivity contribution is 7.89. The Labute approximate surface area is 112 Å². The van der Waals surface area contributed by atoms with Gasteiger partial charge in [-0.15, -0.1) is 0 Å². The van der Waals surface area contributed by atoms with E-state index in [1.54, 1.807) is 18.2 Å². The first-order valence-corrected chi connectivity index (χ1v) is 8.59. The fourth-order valence-electron chi connectivity index (χ4n) is 1.91. The van der Waals surface area contributed by atoms with Crippen LogP contribution >= 0.6 is 0 Å². The lowest BCUT2D eigenvalue weighted by molar-refractivity contribution is 0.273. The predicted molar refractivity (Wildman–Crippen MR) is 69.9 cm³/mol. The maximum absolute atomic E-state index is 12.3. The van der Waals surface area contributed by atoms with Crippen LogP contribution in [0.4, 0.5) is 0 Å². The molecule has 1 aromatic carbocycles. The zero-order chi connectivity index (χ0) is 14.1. The zero-order valence-corrected chi connectivity index (χ0v) is 11.8. The Kier molecular flexibility index (Phi) is 3.92. The molecule has 1 fully saturated rings. The fourth-order valence-corrected chi connectivity index (χ4v) is 4.02. The van der Waals surface area contributed by atoms with Gasteiger partial charge in [0, 0.05) is 26.2 Å². The van der Waals surface area contributed by atoms with Crippen molar-refractivity contribution in [3.05, 3.63) is 30.3 Å². The number of sulfonamides is 1. The van der Waals surface area contributed by atoms with Gasteiger partial charge >= 0.3 is 0 Å². The third-order valence-electron chi connectivity index (χ3n) is 2.94. The largest absolute Gasteiger partial charge is 0.276 e. The van der Waals surface area contributed by atoms with Crippen LogP contribution in [0.25, 0.3) is 0 Å². The van der Waals surface area contributed by atoms with Crippen molar-refractivity contribution in [2.24, 2.45) is 5.14 Å². The summed E-state index contributed by atoms with van der Waals surface area (Å²) >= 11 is 0. The summed E-state index contributed by atoms with van der Waals surface area (Å²) in [6.45, 7) is 0.358. The molecule has 2 rings (SSSR count). The molecular weight excluding hydrogens is 290 g/mol. The molecule has 7 nitrogen and oxygen atoms in total. The highest BCUT2D eigenvalue weighted by Crippen LogP contribution is 2.17. The summed E-state index contributed by atoms with van der Waals surface area (Å²) < 4.78 is 49.2. The molecule has 0 unspecified atom stereocenters. The smallest absolute Gasteiger partial charge is 0.216 e. The van der Waals surface area contributed by atoms with E-state index in [9.17, 15) is 16.8 Å². The topological polar surface area (TPSA) is 101 Å². The quantitative estimate of drug-likeness (QED) is 0.789. The summed E-state index contributed by atoms with van der Waals surface area (Å²) in [5.74, 6) is 0. The van der Waals surface area contributed by atoms with E-state index in [-0.39, 0.29) is 31.1 Å². The van der Waals surface area contributed by atoms with E-state index in [1.807, 2.05) is 0 Å². The van der Waals surface area contributed by atoms with Gasteiger partial charge in [-0.25, -0.2) is 13.6 Å². The maximum Gasteiger partial charge on any atom is 0.276 e. The first kappa shape index (κ1) is 14.4. The van der Waals surface area contributed by atoms with Crippen LogP contribution in [0.5, 0.6) is 0 Å². The van der Waals surface area contributed by atoms with Crippen LogP contribution in [-0.2, 0) is 20.2 Å². The van der Waals surface area contributed by atoms with E-state index in [1.165, 1.54) is 16.4 Å². The Morgan fingerprint density at radius 2 is 1.32 bits per heavy atom. The summed E-state index contributed by atoms with van der Waals surface area (Å²) in [4.78, 5) is 0.207. The van der Waals surface area contributed by atoms with Gasteiger partial charge in [-0.2, -0.15) is 17.0 Å². The Balaban J connectivity index is 2.14. The van der Waals surface area contributed by atoms with Gasteiger partial charge in [0.05, 0.1) is 4.90 Å². The summed E-state index contributed by atoms with van der Waals surface area (Å²) in [5, 5.41) is 5.01. The molecule has 0 saturated carbocycles. The molecule has 106 valence electrons. The zero-order valence-electron chi connectivity index (χ0n) is 10.1. The van der Waals surface area contributed by atoms with Crippen LogP contribution in [0.1, 0.15) is 0 Å². The fraction of sp³-hybridized carbons (Fsp3) is 0.400. The van der Waals surface area contributed by atoms with Gasteiger partial charge in [0.25, 0.3) is 10.2 Å². The standard InChI is InChI=1S/C10H15N3O4S2/c11-19(16,17)13-8-6-12(7-9-13)18(14,15)10-4-2-1-3-5-10/h1-5H,6-9H2,(H2,11,16,17).